The lowest BCUT2D eigenvalue weighted by Gasteiger charge is -2.14. The van der Waals surface area contributed by atoms with Crippen LogP contribution >= 0.6 is 45.8 Å². The minimum absolute atomic E-state index is 0.225. The summed E-state index contributed by atoms with van der Waals surface area (Å²) in [5, 5.41) is 11.9. The van der Waals surface area contributed by atoms with Crippen molar-refractivity contribution in [2.75, 3.05) is 7.11 Å². The quantitative estimate of drug-likeness (QED) is 0.319. The molecular weight excluding hydrogens is 532 g/mol. The number of rotatable bonds is 6. The van der Waals surface area contributed by atoms with Gasteiger partial charge in [-0.3, -0.25) is 10.1 Å². The summed E-state index contributed by atoms with van der Waals surface area (Å²) in [5.41, 5.74) is 5.94. The van der Waals surface area contributed by atoms with E-state index >= 15 is 0 Å². The molecule has 0 atom stereocenters. The van der Waals surface area contributed by atoms with Crippen molar-refractivity contribution in [2.24, 2.45) is 5.73 Å². The number of carbonyl (C=O) groups is 2. The van der Waals surface area contributed by atoms with E-state index in [0.29, 0.717) is 30.7 Å². The van der Waals surface area contributed by atoms with Crippen LogP contribution in [0, 0.1) is 14.9 Å². The van der Waals surface area contributed by atoms with Crippen LogP contribution in [0.2, 0.25) is 10.0 Å². The van der Waals surface area contributed by atoms with Crippen LogP contribution in [0.1, 0.15) is 11.1 Å². The fourth-order valence-electron chi connectivity index (χ4n) is 2.24. The van der Waals surface area contributed by atoms with E-state index in [0.717, 1.165) is 5.56 Å². The number of amides is 3. The van der Waals surface area contributed by atoms with Crippen molar-refractivity contribution in [3.8, 4) is 17.6 Å². The van der Waals surface area contributed by atoms with Crippen molar-refractivity contribution >= 4 is 63.8 Å². The van der Waals surface area contributed by atoms with Crippen LogP contribution in [-0.2, 0) is 11.4 Å². The lowest BCUT2D eigenvalue weighted by molar-refractivity contribution is -0.115. The summed E-state index contributed by atoms with van der Waals surface area (Å²) in [6.07, 6.45) is 1.31. The molecule has 0 unspecified atom stereocenters. The number of nitriles is 1. The Bertz CT molecular complexity index is 1030. The SMILES string of the molecule is COc1cc(/C=C(/C#N)C(=O)NC(N)=O)cc(I)c1OCc1ccc(Cl)c(Cl)c1. The number of carbonyl (C=O) groups excluding carboxylic acids is 2. The second kappa shape index (κ2) is 10.3. The van der Waals surface area contributed by atoms with Crippen LogP contribution in [0.4, 0.5) is 4.79 Å². The molecule has 0 spiro atoms. The van der Waals surface area contributed by atoms with E-state index in [4.69, 9.17) is 43.7 Å². The molecule has 3 amide bonds. The number of nitrogens with two attached hydrogens (primary N) is 1. The van der Waals surface area contributed by atoms with Gasteiger partial charge in [-0.2, -0.15) is 5.26 Å². The van der Waals surface area contributed by atoms with Crippen LogP contribution in [0.15, 0.2) is 35.9 Å². The zero-order chi connectivity index (χ0) is 21.6. The van der Waals surface area contributed by atoms with Crippen molar-refractivity contribution in [2.45, 2.75) is 6.61 Å². The Morgan fingerprint density at radius 2 is 2.00 bits per heavy atom. The number of imide groups is 1. The summed E-state index contributed by atoms with van der Waals surface area (Å²) in [7, 11) is 1.47. The average Bonchev–Trinajstić information content (AvgIpc) is 2.66. The second-order valence-corrected chi connectivity index (χ2v) is 7.54. The minimum atomic E-state index is -1.05. The molecule has 2 rings (SSSR count). The number of nitrogens with zero attached hydrogens (tertiary/aromatic N) is 1. The third-order valence-electron chi connectivity index (χ3n) is 3.53. The van der Waals surface area contributed by atoms with Crippen molar-refractivity contribution in [3.63, 3.8) is 0 Å². The molecule has 7 nitrogen and oxygen atoms in total. The lowest BCUT2D eigenvalue weighted by atomic mass is 10.1. The number of halogens is 3. The number of methoxy groups -OCH3 is 1. The van der Waals surface area contributed by atoms with Gasteiger partial charge < -0.3 is 15.2 Å². The van der Waals surface area contributed by atoms with E-state index < -0.39 is 11.9 Å². The number of urea groups is 1. The van der Waals surface area contributed by atoms with Gasteiger partial charge in [0.15, 0.2) is 11.5 Å². The van der Waals surface area contributed by atoms with Gasteiger partial charge in [0.1, 0.15) is 18.2 Å². The Balaban J connectivity index is 2.29. The third-order valence-corrected chi connectivity index (χ3v) is 5.07. The predicted molar refractivity (Wildman–Crippen MR) is 118 cm³/mol. The van der Waals surface area contributed by atoms with Crippen molar-refractivity contribution in [1.82, 2.24) is 5.32 Å². The van der Waals surface area contributed by atoms with Crippen molar-refractivity contribution in [1.29, 1.82) is 5.26 Å². The Kier molecular flexibility index (Phi) is 8.13. The Hall–Kier alpha value is -2.48. The summed E-state index contributed by atoms with van der Waals surface area (Å²) in [4.78, 5) is 22.6. The highest BCUT2D eigenvalue weighted by atomic mass is 127. The molecule has 0 saturated carbocycles. The number of benzene rings is 2. The van der Waals surface area contributed by atoms with Gasteiger partial charge in [0.25, 0.3) is 5.91 Å². The maximum atomic E-state index is 11.8. The first-order chi connectivity index (χ1) is 13.7. The number of hydrogen-bond acceptors (Lipinski definition) is 5. The second-order valence-electron chi connectivity index (χ2n) is 5.56. The van der Waals surface area contributed by atoms with E-state index in [1.54, 1.807) is 36.4 Å². The average molecular weight is 546 g/mol. The summed E-state index contributed by atoms with van der Waals surface area (Å²) in [6, 6.07) is 9.15. The first kappa shape index (κ1) is 22.8. The normalized spacial score (nSPS) is 10.8. The molecule has 2 aromatic carbocycles. The first-order valence-corrected chi connectivity index (χ1v) is 9.75. The molecule has 0 radical (unpaired) electrons. The first-order valence-electron chi connectivity index (χ1n) is 7.92. The Morgan fingerprint density at radius 3 is 2.59 bits per heavy atom. The van der Waals surface area contributed by atoms with Crippen LogP contribution in [0.5, 0.6) is 11.5 Å². The molecule has 0 aliphatic heterocycles. The summed E-state index contributed by atoms with van der Waals surface area (Å²) in [5.74, 6) is -0.0128. The predicted octanol–water partition coefficient (Wildman–Crippen LogP) is 4.29. The fraction of sp³-hybridized carbons (Fsp3) is 0.105. The van der Waals surface area contributed by atoms with E-state index in [1.807, 2.05) is 27.9 Å². The maximum Gasteiger partial charge on any atom is 0.319 e. The molecule has 0 aromatic heterocycles. The number of hydrogen-bond donors (Lipinski definition) is 2. The largest absolute Gasteiger partial charge is 0.493 e. The third kappa shape index (κ3) is 6.25. The van der Waals surface area contributed by atoms with Gasteiger partial charge >= 0.3 is 6.03 Å². The highest BCUT2D eigenvalue weighted by molar-refractivity contribution is 14.1. The molecule has 3 N–H and O–H groups in total. The molecule has 0 aliphatic rings. The smallest absolute Gasteiger partial charge is 0.319 e. The molecule has 29 heavy (non-hydrogen) atoms. The molecule has 10 heteroatoms. The molecule has 2 aromatic rings. The van der Waals surface area contributed by atoms with Crippen LogP contribution in [0.25, 0.3) is 6.08 Å². The molecule has 150 valence electrons. The standard InChI is InChI=1S/C19H14Cl2IN3O4/c1-28-16-7-11(4-12(8-23)18(26)25-19(24)27)6-15(22)17(16)29-9-10-2-3-13(20)14(21)5-10/h2-7H,9H2,1H3,(H3,24,25,26,27)/b12-4-. The highest BCUT2D eigenvalue weighted by Gasteiger charge is 2.15. The molecule has 0 heterocycles. The van der Waals surface area contributed by atoms with Gasteiger partial charge in [0, 0.05) is 0 Å². The van der Waals surface area contributed by atoms with Gasteiger partial charge in [-0.15, -0.1) is 0 Å². The topological polar surface area (TPSA) is 114 Å². The summed E-state index contributed by atoms with van der Waals surface area (Å²) < 4.78 is 11.9. The van der Waals surface area contributed by atoms with Crippen LogP contribution in [0.3, 0.4) is 0 Å². The van der Waals surface area contributed by atoms with Gasteiger partial charge in [0.2, 0.25) is 0 Å². The van der Waals surface area contributed by atoms with E-state index in [9.17, 15) is 9.59 Å². The minimum Gasteiger partial charge on any atom is -0.493 e. The molecule has 0 aliphatic carbocycles. The molecular formula is C19H14Cl2IN3O4. The van der Waals surface area contributed by atoms with Gasteiger partial charge in [-0.25, -0.2) is 4.79 Å². The monoisotopic (exact) mass is 545 g/mol. The zero-order valence-corrected chi connectivity index (χ0v) is 18.6. The number of ether oxygens (including phenoxy) is 2. The van der Waals surface area contributed by atoms with Crippen LogP contribution < -0.4 is 20.5 Å². The van der Waals surface area contributed by atoms with E-state index in [-0.39, 0.29) is 12.2 Å². The number of nitrogens with one attached hydrogen (secondary N) is 1. The highest BCUT2D eigenvalue weighted by Crippen LogP contribution is 2.35. The van der Waals surface area contributed by atoms with Gasteiger partial charge in [-0.1, -0.05) is 29.3 Å². The maximum absolute atomic E-state index is 11.8. The Morgan fingerprint density at radius 1 is 1.28 bits per heavy atom. The lowest BCUT2D eigenvalue weighted by Crippen LogP contribution is -2.35. The zero-order valence-electron chi connectivity index (χ0n) is 15.0. The van der Waals surface area contributed by atoms with Crippen LogP contribution in [-0.4, -0.2) is 19.0 Å². The summed E-state index contributed by atoms with van der Waals surface area (Å²) >= 11 is 14.0. The summed E-state index contributed by atoms with van der Waals surface area (Å²) in [6.45, 7) is 0.225. The molecule has 0 saturated heterocycles. The number of primary amides is 1. The van der Waals surface area contributed by atoms with Crippen molar-refractivity contribution < 1.29 is 19.1 Å². The molecule has 0 fully saturated rings. The fourth-order valence-corrected chi connectivity index (χ4v) is 3.34. The Labute approximate surface area is 190 Å². The van der Waals surface area contributed by atoms with Crippen molar-refractivity contribution in [3.05, 3.63) is 60.6 Å². The van der Waals surface area contributed by atoms with Gasteiger partial charge in [0.05, 0.1) is 20.7 Å². The van der Waals surface area contributed by atoms with E-state index in [2.05, 4.69) is 0 Å². The van der Waals surface area contributed by atoms with E-state index in [1.165, 1.54) is 13.2 Å². The molecule has 0 bridgehead atoms. The van der Waals surface area contributed by atoms with Gasteiger partial charge in [-0.05, 0) is 64.1 Å².